The van der Waals surface area contributed by atoms with Gasteiger partial charge in [-0.2, -0.15) is 5.10 Å². The monoisotopic (exact) mass is 325 g/mol. The number of nitrogens with zero attached hydrogens (tertiary/aromatic N) is 1. The van der Waals surface area contributed by atoms with Gasteiger partial charge in [0.25, 0.3) is 5.91 Å². The Morgan fingerprint density at radius 3 is 2.42 bits per heavy atom. The van der Waals surface area contributed by atoms with Gasteiger partial charge < -0.3 is 10.4 Å². The molecule has 0 bridgehead atoms. The van der Waals surface area contributed by atoms with Crippen LogP contribution in [0.1, 0.15) is 29.3 Å². The number of para-hydroxylation sites is 1. The molecule has 0 aliphatic rings. The highest BCUT2D eigenvalue weighted by Gasteiger charge is 2.07. The molecule has 0 atom stereocenters. The van der Waals surface area contributed by atoms with E-state index in [9.17, 15) is 14.7 Å². The Kier molecular flexibility index (Phi) is 6.08. The van der Waals surface area contributed by atoms with Crippen LogP contribution in [0, 0.1) is 0 Å². The number of amides is 2. The van der Waals surface area contributed by atoms with Crippen molar-refractivity contribution in [2.24, 2.45) is 5.10 Å². The van der Waals surface area contributed by atoms with Gasteiger partial charge in [-0.05, 0) is 31.2 Å². The number of benzene rings is 2. The molecule has 0 aliphatic heterocycles. The maximum Gasteiger partial charge on any atom is 0.251 e. The zero-order valence-electron chi connectivity index (χ0n) is 13.3. The van der Waals surface area contributed by atoms with Crippen LogP contribution in [0.3, 0.4) is 0 Å². The topological polar surface area (TPSA) is 90.8 Å². The van der Waals surface area contributed by atoms with Crippen molar-refractivity contribution in [3.05, 3.63) is 65.7 Å². The van der Waals surface area contributed by atoms with E-state index in [2.05, 4.69) is 15.8 Å². The molecule has 2 aromatic rings. The van der Waals surface area contributed by atoms with E-state index in [0.717, 1.165) is 0 Å². The third kappa shape index (κ3) is 4.95. The second kappa shape index (κ2) is 8.47. The molecule has 3 N–H and O–H groups in total. The quantitative estimate of drug-likeness (QED) is 0.561. The Hall–Kier alpha value is -3.15. The number of carbonyl (C=O) groups excluding carboxylic acids is 2. The predicted molar refractivity (Wildman–Crippen MR) is 91.9 cm³/mol. The normalized spacial score (nSPS) is 11.0. The van der Waals surface area contributed by atoms with Crippen molar-refractivity contribution in [1.29, 1.82) is 0 Å². The molecule has 124 valence electrons. The van der Waals surface area contributed by atoms with Gasteiger partial charge in [0, 0.05) is 24.1 Å². The summed E-state index contributed by atoms with van der Waals surface area (Å²) in [4.78, 5) is 23.6. The summed E-state index contributed by atoms with van der Waals surface area (Å²) >= 11 is 0. The highest BCUT2D eigenvalue weighted by atomic mass is 16.3. The number of carbonyl (C=O) groups is 2. The van der Waals surface area contributed by atoms with Crippen LogP contribution in [0.25, 0.3) is 0 Å². The fourth-order valence-corrected chi connectivity index (χ4v) is 2.02. The SMILES string of the molecule is C/C(=N/NC(=O)CCNC(=O)c1ccccc1)c1ccccc1O. The minimum atomic E-state index is -0.321. The van der Waals surface area contributed by atoms with Crippen molar-refractivity contribution in [2.45, 2.75) is 13.3 Å². The number of hydrogen-bond acceptors (Lipinski definition) is 4. The maximum atomic E-state index is 11.8. The molecule has 2 rings (SSSR count). The molecule has 0 heterocycles. The Balaban J connectivity index is 1.78. The maximum absolute atomic E-state index is 11.8. The van der Waals surface area contributed by atoms with Gasteiger partial charge in [0.2, 0.25) is 5.91 Å². The Morgan fingerprint density at radius 2 is 1.71 bits per heavy atom. The standard InChI is InChI=1S/C18H19N3O3/c1-13(15-9-5-6-10-16(15)22)20-21-17(23)11-12-19-18(24)14-7-3-2-4-8-14/h2-10,22H,11-12H2,1H3,(H,19,24)(H,21,23)/b20-13-. The summed E-state index contributed by atoms with van der Waals surface area (Å²) in [6, 6.07) is 15.5. The fraction of sp³-hybridized carbons (Fsp3) is 0.167. The first-order chi connectivity index (χ1) is 11.6. The lowest BCUT2D eigenvalue weighted by Crippen LogP contribution is -2.29. The van der Waals surface area contributed by atoms with E-state index in [1.54, 1.807) is 55.5 Å². The van der Waals surface area contributed by atoms with E-state index in [1.165, 1.54) is 0 Å². The van der Waals surface area contributed by atoms with Crippen LogP contribution >= 0.6 is 0 Å². The minimum Gasteiger partial charge on any atom is -0.507 e. The first-order valence-corrected chi connectivity index (χ1v) is 7.52. The summed E-state index contributed by atoms with van der Waals surface area (Å²) in [6.45, 7) is 1.90. The zero-order chi connectivity index (χ0) is 17.4. The van der Waals surface area contributed by atoms with Gasteiger partial charge in [-0.25, -0.2) is 5.43 Å². The van der Waals surface area contributed by atoms with E-state index >= 15 is 0 Å². The fourth-order valence-electron chi connectivity index (χ4n) is 2.02. The van der Waals surface area contributed by atoms with Crippen LogP contribution in [0.2, 0.25) is 0 Å². The molecule has 0 saturated carbocycles. The summed E-state index contributed by atoms with van der Waals surface area (Å²) in [5.74, 6) is -0.446. The van der Waals surface area contributed by atoms with E-state index < -0.39 is 0 Å². The molecule has 0 aliphatic carbocycles. The van der Waals surface area contributed by atoms with E-state index in [0.29, 0.717) is 16.8 Å². The first-order valence-electron chi connectivity index (χ1n) is 7.52. The second-order valence-electron chi connectivity index (χ2n) is 5.12. The van der Waals surface area contributed by atoms with Crippen LogP contribution < -0.4 is 10.7 Å². The van der Waals surface area contributed by atoms with Gasteiger partial charge in [-0.15, -0.1) is 0 Å². The van der Waals surface area contributed by atoms with Crippen molar-refractivity contribution in [3.8, 4) is 5.75 Å². The van der Waals surface area contributed by atoms with Crippen LogP contribution in [0.15, 0.2) is 59.7 Å². The molecule has 0 unspecified atom stereocenters. The number of hydrogen-bond donors (Lipinski definition) is 3. The number of aromatic hydroxyl groups is 1. The smallest absolute Gasteiger partial charge is 0.251 e. The lowest BCUT2D eigenvalue weighted by Gasteiger charge is -2.06. The van der Waals surface area contributed by atoms with E-state index in [1.807, 2.05) is 6.07 Å². The van der Waals surface area contributed by atoms with Gasteiger partial charge in [0.15, 0.2) is 0 Å². The molecule has 2 aromatic carbocycles. The molecular formula is C18H19N3O3. The highest BCUT2D eigenvalue weighted by molar-refractivity contribution is 6.01. The van der Waals surface area contributed by atoms with Crippen LogP contribution in [0.4, 0.5) is 0 Å². The summed E-state index contributed by atoms with van der Waals surface area (Å²) in [7, 11) is 0. The van der Waals surface area contributed by atoms with Gasteiger partial charge in [-0.3, -0.25) is 9.59 Å². The molecule has 0 spiro atoms. The average molecular weight is 325 g/mol. The molecule has 0 fully saturated rings. The summed E-state index contributed by atoms with van der Waals surface area (Å²) < 4.78 is 0. The van der Waals surface area contributed by atoms with Crippen molar-refractivity contribution in [1.82, 2.24) is 10.7 Å². The predicted octanol–water partition coefficient (Wildman–Crippen LogP) is 2.05. The largest absolute Gasteiger partial charge is 0.507 e. The van der Waals surface area contributed by atoms with E-state index in [-0.39, 0.29) is 30.5 Å². The van der Waals surface area contributed by atoms with Crippen molar-refractivity contribution >= 4 is 17.5 Å². The molecule has 6 heteroatoms. The lowest BCUT2D eigenvalue weighted by molar-refractivity contribution is -0.120. The third-order valence-electron chi connectivity index (χ3n) is 3.32. The van der Waals surface area contributed by atoms with Crippen molar-refractivity contribution in [3.63, 3.8) is 0 Å². The molecular weight excluding hydrogens is 306 g/mol. The highest BCUT2D eigenvalue weighted by Crippen LogP contribution is 2.16. The van der Waals surface area contributed by atoms with E-state index in [4.69, 9.17) is 0 Å². The average Bonchev–Trinajstić information content (AvgIpc) is 2.60. The summed E-state index contributed by atoms with van der Waals surface area (Å²) in [5.41, 5.74) is 4.00. The van der Waals surface area contributed by atoms with Gasteiger partial charge in [0.1, 0.15) is 5.75 Å². The number of phenolic OH excluding ortho intramolecular Hbond substituents is 1. The van der Waals surface area contributed by atoms with Gasteiger partial charge >= 0.3 is 0 Å². The zero-order valence-corrected chi connectivity index (χ0v) is 13.3. The van der Waals surface area contributed by atoms with Crippen LogP contribution in [0.5, 0.6) is 5.75 Å². The van der Waals surface area contributed by atoms with Gasteiger partial charge in [0.05, 0.1) is 5.71 Å². The Bertz CT molecular complexity index is 742. The van der Waals surface area contributed by atoms with Gasteiger partial charge in [-0.1, -0.05) is 30.3 Å². The summed E-state index contributed by atoms with van der Waals surface area (Å²) in [6.07, 6.45) is 0.107. The Labute approximate surface area is 140 Å². The molecule has 2 amide bonds. The van der Waals surface area contributed by atoms with Crippen LogP contribution in [-0.2, 0) is 4.79 Å². The first kappa shape index (κ1) is 17.2. The number of hydrazone groups is 1. The molecule has 0 saturated heterocycles. The number of nitrogens with one attached hydrogen (secondary N) is 2. The van der Waals surface area contributed by atoms with Crippen molar-refractivity contribution < 1.29 is 14.7 Å². The lowest BCUT2D eigenvalue weighted by atomic mass is 10.1. The van der Waals surface area contributed by atoms with Crippen molar-refractivity contribution in [2.75, 3.05) is 6.54 Å². The number of phenols is 1. The second-order valence-corrected chi connectivity index (χ2v) is 5.12. The van der Waals surface area contributed by atoms with Crippen LogP contribution in [-0.4, -0.2) is 29.2 Å². The summed E-state index contributed by atoms with van der Waals surface area (Å²) in [5, 5.41) is 16.3. The molecule has 24 heavy (non-hydrogen) atoms. The Morgan fingerprint density at radius 1 is 1.04 bits per heavy atom. The number of rotatable bonds is 6. The minimum absolute atomic E-state index is 0.100. The third-order valence-corrected chi connectivity index (χ3v) is 3.32. The molecule has 6 nitrogen and oxygen atoms in total. The molecule has 0 aromatic heterocycles. The molecule has 0 radical (unpaired) electrons.